The molecule has 0 aromatic heterocycles. The summed E-state index contributed by atoms with van der Waals surface area (Å²) in [5.41, 5.74) is 0. The molecule has 3 nitrogen and oxygen atoms in total. The number of nitrogens with one attached hydrogen (secondary N) is 1. The van der Waals surface area contributed by atoms with Gasteiger partial charge in [-0.1, -0.05) is 13.8 Å². The number of rotatable bonds is 6. The van der Waals surface area contributed by atoms with Crippen LogP contribution in [-0.4, -0.2) is 42.4 Å². The normalized spacial score (nSPS) is 19.8. The van der Waals surface area contributed by atoms with Crippen LogP contribution in [0.1, 0.15) is 39.5 Å². The number of thiocarbonyl (C=S) groups is 1. The zero-order valence-electron chi connectivity index (χ0n) is 10.5. The third-order valence-corrected chi connectivity index (χ3v) is 3.18. The standard InChI is InChI=1S/C12H24N2OS/c1-3-7-14(8-4-2)12(16)13-10-11-6-5-9-15-11/h11H,3-10H2,1-2H3,(H,13,16). The van der Waals surface area contributed by atoms with Crippen LogP contribution in [0.25, 0.3) is 0 Å². The fourth-order valence-corrected chi connectivity index (χ4v) is 2.24. The molecule has 0 saturated carbocycles. The van der Waals surface area contributed by atoms with Gasteiger partial charge in [0, 0.05) is 26.2 Å². The second-order valence-electron chi connectivity index (χ2n) is 4.31. The Hall–Kier alpha value is -0.350. The molecule has 1 heterocycles. The Balaban J connectivity index is 2.24. The summed E-state index contributed by atoms with van der Waals surface area (Å²) < 4.78 is 5.56. The smallest absolute Gasteiger partial charge is 0.169 e. The van der Waals surface area contributed by atoms with E-state index >= 15 is 0 Å². The summed E-state index contributed by atoms with van der Waals surface area (Å²) >= 11 is 5.40. The van der Waals surface area contributed by atoms with Crippen LogP contribution in [0, 0.1) is 0 Å². The van der Waals surface area contributed by atoms with Crippen molar-refractivity contribution in [2.24, 2.45) is 0 Å². The van der Waals surface area contributed by atoms with Crippen molar-refractivity contribution in [1.29, 1.82) is 0 Å². The second kappa shape index (κ2) is 7.85. The van der Waals surface area contributed by atoms with Crippen LogP contribution in [0.3, 0.4) is 0 Å². The van der Waals surface area contributed by atoms with Gasteiger partial charge in [0.15, 0.2) is 5.11 Å². The molecule has 94 valence electrons. The van der Waals surface area contributed by atoms with Crippen molar-refractivity contribution < 1.29 is 4.74 Å². The first-order valence-electron chi connectivity index (χ1n) is 6.42. The molecule has 0 aromatic carbocycles. The summed E-state index contributed by atoms with van der Waals surface area (Å²) in [7, 11) is 0. The Morgan fingerprint density at radius 2 is 2.06 bits per heavy atom. The molecule has 0 bridgehead atoms. The van der Waals surface area contributed by atoms with Gasteiger partial charge in [-0.25, -0.2) is 0 Å². The van der Waals surface area contributed by atoms with Crippen molar-refractivity contribution in [3.05, 3.63) is 0 Å². The second-order valence-corrected chi connectivity index (χ2v) is 4.69. The lowest BCUT2D eigenvalue weighted by atomic mass is 10.2. The summed E-state index contributed by atoms with van der Waals surface area (Å²) in [5, 5.41) is 4.21. The van der Waals surface area contributed by atoms with E-state index in [0.717, 1.165) is 50.6 Å². The molecular weight excluding hydrogens is 220 g/mol. The van der Waals surface area contributed by atoms with Gasteiger partial charge in [0.05, 0.1) is 6.10 Å². The lowest BCUT2D eigenvalue weighted by Crippen LogP contribution is -2.43. The van der Waals surface area contributed by atoms with Crippen molar-refractivity contribution in [2.75, 3.05) is 26.2 Å². The highest BCUT2D eigenvalue weighted by Gasteiger charge is 2.16. The van der Waals surface area contributed by atoms with E-state index in [4.69, 9.17) is 17.0 Å². The van der Waals surface area contributed by atoms with Gasteiger partial charge in [0.2, 0.25) is 0 Å². The average molecular weight is 244 g/mol. The fraction of sp³-hybridized carbons (Fsp3) is 0.917. The minimum atomic E-state index is 0.364. The maximum atomic E-state index is 5.56. The molecular formula is C12H24N2OS. The predicted molar refractivity (Wildman–Crippen MR) is 71.7 cm³/mol. The lowest BCUT2D eigenvalue weighted by molar-refractivity contribution is 0.113. The Labute approximate surface area is 105 Å². The largest absolute Gasteiger partial charge is 0.376 e. The highest BCUT2D eigenvalue weighted by atomic mass is 32.1. The third-order valence-electron chi connectivity index (χ3n) is 2.78. The molecule has 0 amide bonds. The molecule has 0 radical (unpaired) electrons. The first-order valence-corrected chi connectivity index (χ1v) is 6.83. The fourth-order valence-electron chi connectivity index (χ4n) is 1.97. The molecule has 1 rings (SSSR count). The number of ether oxygens (including phenoxy) is 1. The van der Waals surface area contributed by atoms with E-state index in [0.29, 0.717) is 6.10 Å². The topological polar surface area (TPSA) is 24.5 Å². The SMILES string of the molecule is CCCN(CCC)C(=S)NCC1CCCO1. The highest BCUT2D eigenvalue weighted by Crippen LogP contribution is 2.10. The van der Waals surface area contributed by atoms with Gasteiger partial charge in [-0.15, -0.1) is 0 Å². The molecule has 1 atom stereocenters. The Bertz CT molecular complexity index is 199. The summed E-state index contributed by atoms with van der Waals surface area (Å²) in [4.78, 5) is 2.25. The number of hydrogen-bond donors (Lipinski definition) is 1. The molecule has 0 aliphatic carbocycles. The zero-order chi connectivity index (χ0) is 11.8. The Morgan fingerprint density at radius 1 is 1.38 bits per heavy atom. The molecule has 0 aromatic rings. The van der Waals surface area contributed by atoms with Crippen LogP contribution in [0.5, 0.6) is 0 Å². The van der Waals surface area contributed by atoms with Crippen molar-refractivity contribution in [2.45, 2.75) is 45.6 Å². The molecule has 1 unspecified atom stereocenters. The maximum Gasteiger partial charge on any atom is 0.169 e. The van der Waals surface area contributed by atoms with Gasteiger partial charge in [-0.2, -0.15) is 0 Å². The van der Waals surface area contributed by atoms with Gasteiger partial charge in [-0.3, -0.25) is 0 Å². The van der Waals surface area contributed by atoms with Gasteiger partial charge in [-0.05, 0) is 37.9 Å². The van der Waals surface area contributed by atoms with Crippen LogP contribution >= 0.6 is 12.2 Å². The van der Waals surface area contributed by atoms with E-state index in [-0.39, 0.29) is 0 Å². The number of hydrogen-bond acceptors (Lipinski definition) is 2. The van der Waals surface area contributed by atoms with Crippen LogP contribution < -0.4 is 5.32 Å². The quantitative estimate of drug-likeness (QED) is 0.724. The van der Waals surface area contributed by atoms with Crippen LogP contribution in [0.4, 0.5) is 0 Å². The molecule has 1 fully saturated rings. The molecule has 1 aliphatic rings. The Morgan fingerprint density at radius 3 is 2.56 bits per heavy atom. The van der Waals surface area contributed by atoms with Crippen molar-refractivity contribution in [3.63, 3.8) is 0 Å². The van der Waals surface area contributed by atoms with Crippen molar-refractivity contribution >= 4 is 17.3 Å². The minimum absolute atomic E-state index is 0.364. The van der Waals surface area contributed by atoms with E-state index in [9.17, 15) is 0 Å². The molecule has 1 saturated heterocycles. The number of nitrogens with zero attached hydrogens (tertiary/aromatic N) is 1. The van der Waals surface area contributed by atoms with Crippen LogP contribution in [0.15, 0.2) is 0 Å². The molecule has 16 heavy (non-hydrogen) atoms. The molecule has 0 spiro atoms. The average Bonchev–Trinajstić information content (AvgIpc) is 2.78. The molecule has 4 heteroatoms. The zero-order valence-corrected chi connectivity index (χ0v) is 11.3. The summed E-state index contributed by atoms with van der Waals surface area (Å²) in [6.45, 7) is 8.24. The third kappa shape index (κ3) is 4.66. The predicted octanol–water partition coefficient (Wildman–Crippen LogP) is 2.16. The first kappa shape index (κ1) is 13.7. The Kier molecular flexibility index (Phi) is 6.73. The van der Waals surface area contributed by atoms with Gasteiger partial charge in [0.25, 0.3) is 0 Å². The van der Waals surface area contributed by atoms with E-state index in [1.54, 1.807) is 0 Å². The van der Waals surface area contributed by atoms with Crippen molar-refractivity contribution in [3.8, 4) is 0 Å². The molecule has 1 N–H and O–H groups in total. The first-order chi connectivity index (χ1) is 7.77. The summed E-state index contributed by atoms with van der Waals surface area (Å²) in [6.07, 6.45) is 5.00. The van der Waals surface area contributed by atoms with E-state index in [2.05, 4.69) is 24.1 Å². The van der Waals surface area contributed by atoms with E-state index in [1.165, 1.54) is 6.42 Å². The minimum Gasteiger partial charge on any atom is -0.376 e. The van der Waals surface area contributed by atoms with Gasteiger partial charge in [0.1, 0.15) is 0 Å². The summed E-state index contributed by atoms with van der Waals surface area (Å²) in [5.74, 6) is 0. The van der Waals surface area contributed by atoms with Crippen LogP contribution in [0.2, 0.25) is 0 Å². The van der Waals surface area contributed by atoms with Gasteiger partial charge < -0.3 is 15.0 Å². The highest BCUT2D eigenvalue weighted by molar-refractivity contribution is 7.80. The van der Waals surface area contributed by atoms with E-state index in [1.807, 2.05) is 0 Å². The van der Waals surface area contributed by atoms with Crippen LogP contribution in [-0.2, 0) is 4.74 Å². The maximum absolute atomic E-state index is 5.56. The monoisotopic (exact) mass is 244 g/mol. The van der Waals surface area contributed by atoms with E-state index < -0.39 is 0 Å². The molecule has 1 aliphatic heterocycles. The van der Waals surface area contributed by atoms with Crippen molar-refractivity contribution in [1.82, 2.24) is 10.2 Å². The van der Waals surface area contributed by atoms with Gasteiger partial charge >= 0.3 is 0 Å². The lowest BCUT2D eigenvalue weighted by Gasteiger charge is -2.25. The summed E-state index contributed by atoms with van der Waals surface area (Å²) in [6, 6.07) is 0.